The van der Waals surface area contributed by atoms with Gasteiger partial charge in [-0.3, -0.25) is 9.10 Å². The maximum Gasteiger partial charge on any atom is 0.264 e. The monoisotopic (exact) mass is 372 g/mol. The highest BCUT2D eigenvalue weighted by Gasteiger charge is 2.30. The van der Waals surface area contributed by atoms with Crippen molar-refractivity contribution in [3.8, 4) is 0 Å². The van der Waals surface area contributed by atoms with Gasteiger partial charge in [-0.1, -0.05) is 49.2 Å². The van der Waals surface area contributed by atoms with Gasteiger partial charge in [-0.2, -0.15) is 0 Å². The van der Waals surface area contributed by atoms with Crippen molar-refractivity contribution in [2.75, 3.05) is 17.9 Å². The minimum atomic E-state index is -3.82. The van der Waals surface area contributed by atoms with E-state index in [1.165, 1.54) is 4.31 Å². The van der Waals surface area contributed by atoms with Gasteiger partial charge in [0.2, 0.25) is 5.91 Å². The van der Waals surface area contributed by atoms with Gasteiger partial charge < -0.3 is 4.90 Å². The Balaban J connectivity index is 1.91. The van der Waals surface area contributed by atoms with E-state index in [2.05, 4.69) is 0 Å². The van der Waals surface area contributed by atoms with Crippen LogP contribution in [0.4, 0.5) is 5.69 Å². The third kappa shape index (κ3) is 3.90. The maximum absolute atomic E-state index is 13.2. The third-order valence-electron chi connectivity index (χ3n) is 4.92. The lowest BCUT2D eigenvalue weighted by Crippen LogP contribution is -2.44. The second-order valence-electron chi connectivity index (χ2n) is 6.60. The zero-order chi connectivity index (χ0) is 18.6. The summed E-state index contributed by atoms with van der Waals surface area (Å²) in [7, 11) is -2.05. The number of anilines is 1. The highest BCUT2D eigenvalue weighted by molar-refractivity contribution is 7.92. The molecule has 1 aliphatic carbocycles. The summed E-state index contributed by atoms with van der Waals surface area (Å²) in [6.45, 7) is -0.200. The molecular weight excluding hydrogens is 348 g/mol. The Kier molecular flexibility index (Phi) is 5.61. The lowest BCUT2D eigenvalue weighted by atomic mass is 10.2. The second kappa shape index (κ2) is 7.91. The molecular formula is C20H24N2O3S. The molecule has 0 bridgehead atoms. The Morgan fingerprint density at radius 1 is 0.962 bits per heavy atom. The van der Waals surface area contributed by atoms with Gasteiger partial charge in [0.05, 0.1) is 10.6 Å². The molecule has 1 saturated carbocycles. The van der Waals surface area contributed by atoms with Gasteiger partial charge in [0, 0.05) is 13.1 Å². The zero-order valence-electron chi connectivity index (χ0n) is 14.9. The number of sulfonamides is 1. The Bertz CT molecular complexity index is 832. The topological polar surface area (TPSA) is 57.7 Å². The first-order valence-electron chi connectivity index (χ1n) is 8.88. The summed E-state index contributed by atoms with van der Waals surface area (Å²) in [5, 5.41) is 0. The van der Waals surface area contributed by atoms with E-state index >= 15 is 0 Å². The molecule has 2 aromatic carbocycles. The number of benzene rings is 2. The zero-order valence-corrected chi connectivity index (χ0v) is 15.7. The van der Waals surface area contributed by atoms with Crippen molar-refractivity contribution in [1.29, 1.82) is 0 Å². The van der Waals surface area contributed by atoms with Crippen LogP contribution in [0.2, 0.25) is 0 Å². The molecule has 0 unspecified atom stereocenters. The molecule has 0 spiro atoms. The second-order valence-corrected chi connectivity index (χ2v) is 8.47. The highest BCUT2D eigenvalue weighted by atomic mass is 32.2. The number of nitrogens with zero attached hydrogens (tertiary/aromatic N) is 2. The fourth-order valence-electron chi connectivity index (χ4n) is 3.36. The van der Waals surface area contributed by atoms with Crippen molar-refractivity contribution in [1.82, 2.24) is 4.90 Å². The lowest BCUT2D eigenvalue weighted by molar-refractivity contribution is -0.130. The summed E-state index contributed by atoms with van der Waals surface area (Å²) in [6.07, 6.45) is 4.21. The number of hydrogen-bond donors (Lipinski definition) is 0. The summed E-state index contributed by atoms with van der Waals surface area (Å²) in [4.78, 5) is 14.7. The summed E-state index contributed by atoms with van der Waals surface area (Å²) in [6, 6.07) is 17.2. The van der Waals surface area contributed by atoms with Crippen LogP contribution >= 0.6 is 0 Å². The van der Waals surface area contributed by atoms with Crippen molar-refractivity contribution in [2.45, 2.75) is 36.6 Å². The number of rotatable bonds is 6. The molecule has 2 aromatic rings. The fourth-order valence-corrected chi connectivity index (χ4v) is 4.79. The van der Waals surface area contributed by atoms with Gasteiger partial charge in [0.1, 0.15) is 6.54 Å². The smallest absolute Gasteiger partial charge is 0.264 e. The first-order valence-corrected chi connectivity index (χ1v) is 10.3. The molecule has 1 fully saturated rings. The molecule has 6 heteroatoms. The van der Waals surface area contributed by atoms with Gasteiger partial charge in [-0.25, -0.2) is 8.42 Å². The van der Waals surface area contributed by atoms with Crippen LogP contribution in [0.5, 0.6) is 0 Å². The summed E-state index contributed by atoms with van der Waals surface area (Å²) < 4.78 is 27.5. The summed E-state index contributed by atoms with van der Waals surface area (Å²) in [5.74, 6) is -0.180. The number of carbonyl (C=O) groups is 1. The predicted molar refractivity (Wildman–Crippen MR) is 102 cm³/mol. The average Bonchev–Trinajstić information content (AvgIpc) is 3.21. The van der Waals surface area contributed by atoms with Crippen LogP contribution < -0.4 is 4.31 Å². The van der Waals surface area contributed by atoms with E-state index in [1.54, 1.807) is 66.5 Å². The Hall–Kier alpha value is -2.34. The van der Waals surface area contributed by atoms with Crippen LogP contribution in [-0.4, -0.2) is 38.9 Å². The fraction of sp³-hybridized carbons (Fsp3) is 0.350. The molecule has 0 radical (unpaired) electrons. The molecule has 0 heterocycles. The first kappa shape index (κ1) is 18.5. The summed E-state index contributed by atoms with van der Waals surface area (Å²) in [5.41, 5.74) is 0.490. The maximum atomic E-state index is 13.2. The highest BCUT2D eigenvalue weighted by Crippen LogP contribution is 2.25. The third-order valence-corrected chi connectivity index (χ3v) is 6.71. The molecule has 3 rings (SSSR count). The van der Waals surface area contributed by atoms with Crippen LogP contribution in [0.3, 0.4) is 0 Å². The Morgan fingerprint density at radius 3 is 2.08 bits per heavy atom. The molecule has 0 saturated heterocycles. The average molecular weight is 372 g/mol. The van der Waals surface area contributed by atoms with Gasteiger partial charge in [0.15, 0.2) is 0 Å². The minimum absolute atomic E-state index is 0.180. The van der Waals surface area contributed by atoms with E-state index in [4.69, 9.17) is 0 Å². The molecule has 1 aliphatic rings. The molecule has 0 aromatic heterocycles. The van der Waals surface area contributed by atoms with Crippen molar-refractivity contribution in [3.05, 3.63) is 60.7 Å². The van der Waals surface area contributed by atoms with E-state index < -0.39 is 10.0 Å². The lowest BCUT2D eigenvalue weighted by Gasteiger charge is -2.29. The number of para-hydroxylation sites is 1. The number of hydrogen-bond acceptors (Lipinski definition) is 3. The normalized spacial score (nSPS) is 15.0. The molecule has 138 valence electrons. The van der Waals surface area contributed by atoms with Gasteiger partial charge in [0.25, 0.3) is 10.0 Å². The van der Waals surface area contributed by atoms with Crippen molar-refractivity contribution < 1.29 is 13.2 Å². The molecule has 1 amide bonds. The molecule has 0 aliphatic heterocycles. The van der Waals surface area contributed by atoms with Gasteiger partial charge in [-0.15, -0.1) is 0 Å². The quantitative estimate of drug-likeness (QED) is 0.782. The van der Waals surface area contributed by atoms with Gasteiger partial charge >= 0.3 is 0 Å². The summed E-state index contributed by atoms with van der Waals surface area (Å²) >= 11 is 0. The number of amides is 1. The Morgan fingerprint density at radius 2 is 1.50 bits per heavy atom. The van der Waals surface area contributed by atoms with E-state index in [0.717, 1.165) is 25.7 Å². The van der Waals surface area contributed by atoms with E-state index in [-0.39, 0.29) is 23.4 Å². The van der Waals surface area contributed by atoms with Gasteiger partial charge in [-0.05, 0) is 37.1 Å². The molecule has 0 atom stereocenters. The van der Waals surface area contributed by atoms with E-state index in [0.29, 0.717) is 5.69 Å². The molecule has 0 N–H and O–H groups in total. The van der Waals surface area contributed by atoms with E-state index in [1.807, 2.05) is 6.07 Å². The van der Waals surface area contributed by atoms with Crippen LogP contribution in [0, 0.1) is 0 Å². The van der Waals surface area contributed by atoms with Crippen molar-refractivity contribution in [3.63, 3.8) is 0 Å². The van der Waals surface area contributed by atoms with Crippen molar-refractivity contribution >= 4 is 21.6 Å². The standard InChI is InChI=1S/C20H24N2O3S/c1-21(17-10-8-9-11-17)20(23)16-22(18-12-4-2-5-13-18)26(24,25)19-14-6-3-7-15-19/h2-7,12-15,17H,8-11,16H2,1H3. The SMILES string of the molecule is CN(C(=O)CN(c1ccccc1)S(=O)(=O)c1ccccc1)C1CCCC1. The van der Waals surface area contributed by atoms with Crippen molar-refractivity contribution in [2.24, 2.45) is 0 Å². The van der Waals surface area contributed by atoms with E-state index in [9.17, 15) is 13.2 Å². The van der Waals surface area contributed by atoms with Crippen LogP contribution in [-0.2, 0) is 14.8 Å². The number of carbonyl (C=O) groups excluding carboxylic acids is 1. The minimum Gasteiger partial charge on any atom is -0.341 e. The van der Waals surface area contributed by atoms with Crippen LogP contribution in [0.15, 0.2) is 65.6 Å². The van der Waals surface area contributed by atoms with Crippen LogP contribution in [0.25, 0.3) is 0 Å². The first-order chi connectivity index (χ1) is 12.5. The predicted octanol–water partition coefficient (Wildman–Crippen LogP) is 3.28. The largest absolute Gasteiger partial charge is 0.341 e. The Labute approximate surface area is 155 Å². The van der Waals surface area contributed by atoms with Crippen LogP contribution in [0.1, 0.15) is 25.7 Å². The molecule has 26 heavy (non-hydrogen) atoms. The molecule has 5 nitrogen and oxygen atoms in total. The number of likely N-dealkylation sites (N-methyl/N-ethyl adjacent to an activating group) is 1.